The summed E-state index contributed by atoms with van der Waals surface area (Å²) in [6.45, 7) is 9.96. The SMILES string of the molecule is CN(c1ccc(-c2ccc(-c3cnn(C4CCCCO4)c3)c3ccsc23)nn1)C1CC(C)(C)NC(C)(C)C1. The zero-order valence-electron chi connectivity index (χ0n) is 23.1. The van der Waals surface area contributed by atoms with Crippen molar-refractivity contribution in [2.24, 2.45) is 0 Å². The normalized spacial score (nSPS) is 21.6. The van der Waals surface area contributed by atoms with Gasteiger partial charge < -0.3 is 15.0 Å². The Balaban J connectivity index is 1.25. The molecule has 1 aromatic carbocycles. The molecule has 4 aromatic rings. The van der Waals surface area contributed by atoms with Crippen LogP contribution in [0.15, 0.2) is 48.1 Å². The summed E-state index contributed by atoms with van der Waals surface area (Å²) >= 11 is 1.75. The van der Waals surface area contributed by atoms with E-state index in [2.05, 4.69) is 97.1 Å². The molecule has 0 bridgehead atoms. The van der Waals surface area contributed by atoms with E-state index in [0.717, 1.165) is 54.9 Å². The number of fused-ring (bicyclic) bond motifs is 1. The third-order valence-corrected chi connectivity index (χ3v) is 8.93. The van der Waals surface area contributed by atoms with Crippen LogP contribution in [0.4, 0.5) is 5.82 Å². The van der Waals surface area contributed by atoms with Gasteiger partial charge in [0.25, 0.3) is 0 Å². The maximum Gasteiger partial charge on any atom is 0.151 e. The Hall–Kier alpha value is -2.81. The maximum atomic E-state index is 5.93. The van der Waals surface area contributed by atoms with Crippen LogP contribution in [0.2, 0.25) is 0 Å². The molecule has 3 aromatic heterocycles. The Morgan fingerprint density at radius 2 is 1.79 bits per heavy atom. The van der Waals surface area contributed by atoms with Gasteiger partial charge >= 0.3 is 0 Å². The van der Waals surface area contributed by atoms with Gasteiger partial charge in [0.05, 0.1) is 11.9 Å². The molecule has 5 heterocycles. The van der Waals surface area contributed by atoms with E-state index in [1.165, 1.54) is 22.1 Å². The molecule has 0 saturated carbocycles. The lowest BCUT2D eigenvalue weighted by atomic mass is 9.79. The van der Waals surface area contributed by atoms with Crippen molar-refractivity contribution in [2.45, 2.75) is 83.1 Å². The van der Waals surface area contributed by atoms with Gasteiger partial charge in [-0.3, -0.25) is 0 Å². The lowest BCUT2D eigenvalue weighted by Crippen LogP contribution is -2.62. The van der Waals surface area contributed by atoms with Gasteiger partial charge in [-0.2, -0.15) is 5.10 Å². The topological polar surface area (TPSA) is 68.1 Å². The summed E-state index contributed by atoms with van der Waals surface area (Å²) in [7, 11) is 2.15. The van der Waals surface area contributed by atoms with Crippen molar-refractivity contribution < 1.29 is 4.74 Å². The summed E-state index contributed by atoms with van der Waals surface area (Å²) in [6, 6.07) is 11.2. The van der Waals surface area contributed by atoms with Gasteiger partial charge in [0, 0.05) is 58.2 Å². The molecule has 2 fully saturated rings. The van der Waals surface area contributed by atoms with Gasteiger partial charge in [-0.05, 0) is 88.9 Å². The number of thiophene rings is 1. The second-order valence-electron chi connectivity index (χ2n) is 12.2. The molecule has 1 atom stereocenters. The first-order chi connectivity index (χ1) is 18.2. The number of hydrogen-bond acceptors (Lipinski definition) is 7. The van der Waals surface area contributed by atoms with Crippen molar-refractivity contribution in [3.63, 3.8) is 0 Å². The van der Waals surface area contributed by atoms with Crippen LogP contribution in [-0.4, -0.2) is 50.8 Å². The van der Waals surface area contributed by atoms with E-state index in [0.29, 0.717) is 6.04 Å². The lowest BCUT2D eigenvalue weighted by molar-refractivity contribution is -0.0394. The molecule has 6 rings (SSSR count). The third-order valence-electron chi connectivity index (χ3n) is 7.98. The fourth-order valence-corrected chi connectivity index (χ4v) is 7.41. The molecule has 0 amide bonds. The van der Waals surface area contributed by atoms with Gasteiger partial charge in [-0.25, -0.2) is 4.68 Å². The van der Waals surface area contributed by atoms with E-state index in [1.54, 1.807) is 11.3 Å². The van der Waals surface area contributed by atoms with Crippen LogP contribution in [0.3, 0.4) is 0 Å². The van der Waals surface area contributed by atoms with Crippen LogP contribution in [0.25, 0.3) is 32.5 Å². The van der Waals surface area contributed by atoms with Crippen LogP contribution < -0.4 is 10.2 Å². The smallest absolute Gasteiger partial charge is 0.151 e. The summed E-state index contributed by atoms with van der Waals surface area (Å²) in [5.74, 6) is 0.920. The highest BCUT2D eigenvalue weighted by molar-refractivity contribution is 7.17. The Kier molecular flexibility index (Phi) is 6.53. The van der Waals surface area contributed by atoms with Crippen molar-refractivity contribution in [1.82, 2.24) is 25.3 Å². The van der Waals surface area contributed by atoms with E-state index in [9.17, 15) is 0 Å². The number of ether oxygens (including phenoxy) is 1. The van der Waals surface area contributed by atoms with E-state index < -0.39 is 0 Å². The Bertz CT molecular complexity index is 1400. The van der Waals surface area contributed by atoms with Gasteiger partial charge in [-0.1, -0.05) is 12.1 Å². The van der Waals surface area contributed by atoms with E-state index in [4.69, 9.17) is 9.84 Å². The fraction of sp³-hybridized carbons (Fsp3) is 0.500. The first-order valence-corrected chi connectivity index (χ1v) is 14.6. The summed E-state index contributed by atoms with van der Waals surface area (Å²) < 4.78 is 9.13. The van der Waals surface area contributed by atoms with Crippen molar-refractivity contribution >= 4 is 27.2 Å². The maximum absolute atomic E-state index is 5.93. The first-order valence-electron chi connectivity index (χ1n) is 13.7. The Morgan fingerprint density at radius 1 is 1.00 bits per heavy atom. The molecule has 8 heteroatoms. The predicted molar refractivity (Wildman–Crippen MR) is 156 cm³/mol. The van der Waals surface area contributed by atoms with Crippen LogP contribution in [0.1, 0.15) is 66.0 Å². The average molecular weight is 531 g/mol. The number of anilines is 1. The molecule has 38 heavy (non-hydrogen) atoms. The minimum Gasteiger partial charge on any atom is -0.357 e. The van der Waals surface area contributed by atoms with Crippen LogP contribution in [0, 0.1) is 0 Å². The second kappa shape index (κ2) is 9.74. The first kappa shape index (κ1) is 25.5. The second-order valence-corrected chi connectivity index (χ2v) is 13.1. The highest BCUT2D eigenvalue weighted by Gasteiger charge is 2.39. The van der Waals surface area contributed by atoms with Crippen LogP contribution >= 0.6 is 11.3 Å². The number of piperidine rings is 1. The zero-order valence-corrected chi connectivity index (χ0v) is 23.9. The summed E-state index contributed by atoms with van der Waals surface area (Å²) in [4.78, 5) is 2.30. The summed E-state index contributed by atoms with van der Waals surface area (Å²) in [5.41, 5.74) is 4.49. The molecule has 2 saturated heterocycles. The van der Waals surface area contributed by atoms with Gasteiger partial charge in [0.1, 0.15) is 6.23 Å². The standard InChI is InChI=1S/C30H38N6OS/c1-29(2)16-21(17-30(3,4)34-29)35(5)26-12-11-25(32-33-26)24-10-9-22(23-13-15-38-28(23)24)20-18-31-36(19-20)27-8-6-7-14-37-27/h9-13,15,18-19,21,27,34H,6-8,14,16-17H2,1-5H3. The van der Waals surface area contributed by atoms with Gasteiger partial charge in [0.2, 0.25) is 0 Å². The van der Waals surface area contributed by atoms with Crippen molar-refractivity contribution in [1.29, 1.82) is 0 Å². The van der Waals surface area contributed by atoms with Gasteiger partial charge in [0.15, 0.2) is 5.82 Å². The van der Waals surface area contributed by atoms with Crippen molar-refractivity contribution in [2.75, 3.05) is 18.6 Å². The molecular weight excluding hydrogens is 492 g/mol. The number of aromatic nitrogens is 4. The summed E-state index contributed by atoms with van der Waals surface area (Å²) in [6.07, 6.45) is 9.60. The Morgan fingerprint density at radius 3 is 2.50 bits per heavy atom. The quantitative estimate of drug-likeness (QED) is 0.311. The molecule has 2 aliphatic rings. The number of hydrogen-bond donors (Lipinski definition) is 1. The zero-order chi connectivity index (χ0) is 26.5. The van der Waals surface area contributed by atoms with Crippen molar-refractivity contribution in [3.8, 4) is 22.4 Å². The molecule has 200 valence electrons. The third kappa shape index (κ3) is 4.97. The van der Waals surface area contributed by atoms with Crippen LogP contribution in [-0.2, 0) is 4.74 Å². The minimum absolute atomic E-state index is 0.0451. The van der Waals surface area contributed by atoms with Crippen LogP contribution in [0.5, 0.6) is 0 Å². The molecule has 0 aliphatic carbocycles. The van der Waals surface area contributed by atoms with E-state index in [-0.39, 0.29) is 17.3 Å². The summed E-state index contributed by atoms with van der Waals surface area (Å²) in [5, 5.41) is 21.2. The molecule has 7 nitrogen and oxygen atoms in total. The van der Waals surface area contributed by atoms with E-state index in [1.807, 2.05) is 10.9 Å². The number of benzene rings is 1. The predicted octanol–water partition coefficient (Wildman–Crippen LogP) is 6.67. The molecule has 1 N–H and O–H groups in total. The fourth-order valence-electron chi connectivity index (χ4n) is 6.47. The molecule has 1 unspecified atom stereocenters. The van der Waals surface area contributed by atoms with Gasteiger partial charge in [-0.15, -0.1) is 21.5 Å². The number of rotatable bonds is 5. The highest BCUT2D eigenvalue weighted by atomic mass is 32.1. The Labute approximate surface area is 229 Å². The van der Waals surface area contributed by atoms with E-state index >= 15 is 0 Å². The average Bonchev–Trinajstić information content (AvgIpc) is 3.57. The number of nitrogens with one attached hydrogen (secondary N) is 1. The number of nitrogens with zero attached hydrogens (tertiary/aromatic N) is 5. The molecule has 0 spiro atoms. The highest BCUT2D eigenvalue weighted by Crippen LogP contribution is 2.39. The lowest BCUT2D eigenvalue weighted by Gasteiger charge is -2.49. The largest absolute Gasteiger partial charge is 0.357 e. The molecular formula is C30H38N6OS. The minimum atomic E-state index is 0.0451. The molecule has 2 aliphatic heterocycles. The monoisotopic (exact) mass is 530 g/mol. The van der Waals surface area contributed by atoms with Crippen molar-refractivity contribution in [3.05, 3.63) is 48.1 Å². The molecule has 0 radical (unpaired) electrons.